The highest BCUT2D eigenvalue weighted by atomic mass is 31.2. The van der Waals surface area contributed by atoms with Gasteiger partial charge in [-0.3, -0.25) is 23.7 Å². The number of nitrogens with two attached hydrogens (primary N) is 1. The Balaban J connectivity index is 1.71. The fraction of sp³-hybridized carbons (Fsp3) is 0.333. The van der Waals surface area contributed by atoms with Crippen LogP contribution in [0.1, 0.15) is 60.4 Å². The van der Waals surface area contributed by atoms with Gasteiger partial charge in [0.2, 0.25) is 25.1 Å². The fourth-order valence-corrected chi connectivity index (χ4v) is 6.48. The molecule has 2 unspecified atom stereocenters. The Bertz CT molecular complexity index is 1510. The molecule has 240 valence electrons. The number of hydrogen-bond donors (Lipinski definition) is 5. The lowest BCUT2D eigenvalue weighted by Gasteiger charge is -2.26. The molecule has 12 heteroatoms. The summed E-state index contributed by atoms with van der Waals surface area (Å²) in [6, 6.07) is 20.3. The molecule has 0 fully saturated rings. The predicted molar refractivity (Wildman–Crippen MR) is 170 cm³/mol. The van der Waals surface area contributed by atoms with E-state index in [0.29, 0.717) is 12.8 Å². The maximum absolute atomic E-state index is 13.7. The number of carbonyl (C=O) groups excluding carboxylic acids is 4. The van der Waals surface area contributed by atoms with Crippen molar-refractivity contribution in [3.63, 3.8) is 0 Å². The quantitative estimate of drug-likeness (QED) is 0.148. The second-order valence-electron chi connectivity index (χ2n) is 11.3. The summed E-state index contributed by atoms with van der Waals surface area (Å²) in [7, 11) is -4.52. The van der Waals surface area contributed by atoms with Crippen LogP contribution in [-0.4, -0.2) is 46.8 Å². The van der Waals surface area contributed by atoms with Crippen LogP contribution in [-0.2, 0) is 25.4 Å². The van der Waals surface area contributed by atoms with E-state index in [0.717, 1.165) is 17.7 Å². The van der Waals surface area contributed by atoms with Crippen molar-refractivity contribution in [3.05, 3.63) is 107 Å². The highest BCUT2D eigenvalue weighted by molar-refractivity contribution is 7.59. The molecule has 3 rings (SSSR count). The molecule has 3 aromatic rings. The molecule has 0 saturated carbocycles. The first-order valence-corrected chi connectivity index (χ1v) is 16.6. The topological polar surface area (TPSA) is 168 Å². The van der Waals surface area contributed by atoms with E-state index in [-0.39, 0.29) is 29.9 Å². The fourth-order valence-electron chi connectivity index (χ4n) is 4.84. The first-order valence-electron chi connectivity index (χ1n) is 14.7. The minimum atomic E-state index is -4.52. The van der Waals surface area contributed by atoms with Crippen molar-refractivity contribution < 1.29 is 33.0 Å². The number of halogens is 1. The largest absolute Gasteiger partial charge is 0.368 e. The van der Waals surface area contributed by atoms with Crippen molar-refractivity contribution >= 4 is 31.0 Å². The zero-order chi connectivity index (χ0) is 33.0. The second kappa shape index (κ2) is 16.7. The molecular formula is C33H40FN4O6P. The van der Waals surface area contributed by atoms with Gasteiger partial charge in [-0.05, 0) is 60.9 Å². The van der Waals surface area contributed by atoms with Crippen molar-refractivity contribution in [2.24, 2.45) is 11.7 Å². The SMILES string of the molecule is CC(C)C[C@H](NC(=O)CP(=O)(O)C(NC(=O)c1cccc(F)c1)c1ccccc1)C(=O)N[C@@H](CCCc1ccccc1)C(N)=O. The minimum Gasteiger partial charge on any atom is -0.368 e. The van der Waals surface area contributed by atoms with Crippen molar-refractivity contribution in [1.29, 1.82) is 0 Å². The van der Waals surface area contributed by atoms with Crippen molar-refractivity contribution in [3.8, 4) is 0 Å². The van der Waals surface area contributed by atoms with Gasteiger partial charge in [0.15, 0.2) is 0 Å². The van der Waals surface area contributed by atoms with Gasteiger partial charge in [-0.2, -0.15) is 0 Å². The molecule has 10 nitrogen and oxygen atoms in total. The Kier molecular flexibility index (Phi) is 13.0. The number of benzene rings is 3. The lowest BCUT2D eigenvalue weighted by atomic mass is 10.0. The standard InChI is InChI=1S/C33H40FN4O6P/c1-22(2)19-28(32(42)37-27(30(35)40)18-9-13-23-11-5-3-6-12-23)36-29(39)21-45(43,44)33(24-14-7-4-8-15-24)38-31(41)25-16-10-17-26(34)20-25/h3-8,10-12,14-17,20,22,27-28,33H,9,13,18-19,21H2,1-2H3,(H2,35,40)(H,36,39)(H,37,42)(H,38,41)(H,43,44)/t27-,28-,33?/m0/s1. The Morgan fingerprint density at radius 2 is 1.51 bits per heavy atom. The van der Waals surface area contributed by atoms with E-state index in [9.17, 15) is 33.0 Å². The Morgan fingerprint density at radius 3 is 2.11 bits per heavy atom. The number of carbonyl (C=O) groups is 4. The minimum absolute atomic E-state index is 0.0605. The summed E-state index contributed by atoms with van der Waals surface area (Å²) in [6.45, 7) is 3.67. The molecule has 6 N–H and O–H groups in total. The number of nitrogens with one attached hydrogen (secondary N) is 3. The van der Waals surface area contributed by atoms with Gasteiger partial charge in [-0.15, -0.1) is 0 Å². The lowest BCUT2D eigenvalue weighted by molar-refractivity contribution is -0.131. The van der Waals surface area contributed by atoms with E-state index in [1.165, 1.54) is 24.3 Å². The van der Waals surface area contributed by atoms with Crippen LogP contribution in [0.2, 0.25) is 0 Å². The molecule has 0 radical (unpaired) electrons. The van der Waals surface area contributed by atoms with Crippen LogP contribution < -0.4 is 21.7 Å². The summed E-state index contributed by atoms with van der Waals surface area (Å²) in [5.41, 5.74) is 6.83. The maximum Gasteiger partial charge on any atom is 0.252 e. The summed E-state index contributed by atoms with van der Waals surface area (Å²) < 4.78 is 27.4. The number of amides is 4. The zero-order valence-electron chi connectivity index (χ0n) is 25.3. The smallest absolute Gasteiger partial charge is 0.252 e. The maximum atomic E-state index is 13.7. The zero-order valence-corrected chi connectivity index (χ0v) is 26.2. The summed E-state index contributed by atoms with van der Waals surface area (Å²) in [5, 5.41) is 7.63. The lowest BCUT2D eigenvalue weighted by Crippen LogP contribution is -2.53. The van der Waals surface area contributed by atoms with Crippen molar-refractivity contribution in [1.82, 2.24) is 16.0 Å². The predicted octanol–water partition coefficient (Wildman–Crippen LogP) is 4.05. The molecule has 0 aromatic heterocycles. The van der Waals surface area contributed by atoms with Gasteiger partial charge >= 0.3 is 0 Å². The number of aryl methyl sites for hydroxylation is 1. The van der Waals surface area contributed by atoms with Gasteiger partial charge < -0.3 is 26.6 Å². The molecular weight excluding hydrogens is 598 g/mol. The van der Waals surface area contributed by atoms with Crippen LogP contribution in [0.3, 0.4) is 0 Å². The molecule has 3 aromatic carbocycles. The third kappa shape index (κ3) is 11.3. The molecule has 0 aliphatic carbocycles. The van der Waals surface area contributed by atoms with Crippen molar-refractivity contribution in [2.75, 3.05) is 6.16 Å². The Hall–Kier alpha value is -4.34. The van der Waals surface area contributed by atoms with Crippen LogP contribution >= 0.6 is 7.37 Å². The number of hydrogen-bond acceptors (Lipinski definition) is 5. The average molecular weight is 639 g/mol. The number of primary amides is 1. The Labute approximate surface area is 262 Å². The van der Waals surface area contributed by atoms with E-state index in [1.807, 2.05) is 44.2 Å². The van der Waals surface area contributed by atoms with E-state index in [1.54, 1.807) is 18.2 Å². The summed E-state index contributed by atoms with van der Waals surface area (Å²) >= 11 is 0. The van der Waals surface area contributed by atoms with E-state index in [2.05, 4.69) is 16.0 Å². The molecule has 0 saturated heterocycles. The first-order chi connectivity index (χ1) is 21.4. The van der Waals surface area contributed by atoms with E-state index >= 15 is 0 Å². The van der Waals surface area contributed by atoms with Crippen LogP contribution in [0.25, 0.3) is 0 Å². The van der Waals surface area contributed by atoms with Gasteiger partial charge in [0.25, 0.3) is 5.91 Å². The molecule has 4 atom stereocenters. The Morgan fingerprint density at radius 1 is 0.867 bits per heavy atom. The van der Waals surface area contributed by atoms with Gasteiger partial charge in [-0.25, -0.2) is 4.39 Å². The highest BCUT2D eigenvalue weighted by Gasteiger charge is 2.37. The van der Waals surface area contributed by atoms with Crippen molar-refractivity contribution in [2.45, 2.75) is 57.4 Å². The monoisotopic (exact) mass is 638 g/mol. The van der Waals surface area contributed by atoms with Gasteiger partial charge in [0.05, 0.1) is 0 Å². The third-order valence-electron chi connectivity index (χ3n) is 7.06. The third-order valence-corrected chi connectivity index (χ3v) is 9.04. The summed E-state index contributed by atoms with van der Waals surface area (Å²) in [6.07, 6.45) is 0.801. The summed E-state index contributed by atoms with van der Waals surface area (Å²) in [4.78, 5) is 62.6. The molecule has 0 aliphatic rings. The van der Waals surface area contributed by atoms with E-state index < -0.39 is 60.8 Å². The normalized spacial score (nSPS) is 14.4. The van der Waals surface area contributed by atoms with Gasteiger partial charge in [0.1, 0.15) is 29.8 Å². The molecule has 0 aliphatic heterocycles. The molecule has 0 heterocycles. The highest BCUT2D eigenvalue weighted by Crippen LogP contribution is 2.53. The summed E-state index contributed by atoms with van der Waals surface area (Å²) in [5.74, 6) is -5.29. The first kappa shape index (κ1) is 35.1. The van der Waals surface area contributed by atoms with Crippen LogP contribution in [0.5, 0.6) is 0 Å². The molecule has 45 heavy (non-hydrogen) atoms. The number of rotatable bonds is 16. The van der Waals surface area contributed by atoms with Crippen LogP contribution in [0.4, 0.5) is 4.39 Å². The second-order valence-corrected chi connectivity index (χ2v) is 13.6. The van der Waals surface area contributed by atoms with Crippen LogP contribution in [0.15, 0.2) is 84.9 Å². The average Bonchev–Trinajstić information content (AvgIpc) is 2.99. The van der Waals surface area contributed by atoms with Crippen LogP contribution in [0, 0.1) is 11.7 Å². The van der Waals surface area contributed by atoms with E-state index in [4.69, 9.17) is 5.73 Å². The molecule has 0 spiro atoms. The van der Waals surface area contributed by atoms with Gasteiger partial charge in [0, 0.05) is 5.56 Å². The molecule has 0 bridgehead atoms. The van der Waals surface area contributed by atoms with Gasteiger partial charge in [-0.1, -0.05) is 80.6 Å². The molecule has 4 amide bonds.